The summed E-state index contributed by atoms with van der Waals surface area (Å²) in [6.07, 6.45) is -9.61. The molecule has 1 saturated carbocycles. The van der Waals surface area contributed by atoms with Crippen molar-refractivity contribution in [3.8, 4) is 5.82 Å². The number of halogens is 9. The Hall–Kier alpha value is -3.81. The van der Waals surface area contributed by atoms with E-state index in [0.29, 0.717) is 10.2 Å². The average Bonchev–Trinajstić information content (AvgIpc) is 3.46. The molecule has 45 heavy (non-hydrogen) atoms. The first-order chi connectivity index (χ1) is 21.0. The molecule has 0 spiro atoms. The summed E-state index contributed by atoms with van der Waals surface area (Å²) in [5, 5.41) is 15.8. The van der Waals surface area contributed by atoms with E-state index in [2.05, 4.69) is 31.0 Å². The third kappa shape index (κ3) is 6.47. The summed E-state index contributed by atoms with van der Waals surface area (Å²) in [6, 6.07) is 7.45. The molecule has 1 aromatic carbocycles. The molecule has 2 N–H and O–H groups in total. The number of benzene rings is 1. The highest BCUT2D eigenvalue weighted by Crippen LogP contribution is 2.52. The topological polar surface area (TPSA) is 120 Å². The first kappa shape index (κ1) is 32.6. The molecule has 0 unspecified atom stereocenters. The third-order valence-electron chi connectivity index (χ3n) is 6.63. The lowest BCUT2D eigenvalue weighted by Crippen LogP contribution is -2.50. The van der Waals surface area contributed by atoms with Crippen LogP contribution >= 0.6 is 34.2 Å². The number of pyridine rings is 1. The van der Waals surface area contributed by atoms with Crippen molar-refractivity contribution in [1.29, 1.82) is 0 Å². The predicted molar refractivity (Wildman–Crippen MR) is 153 cm³/mol. The Labute approximate surface area is 267 Å². The van der Waals surface area contributed by atoms with Crippen molar-refractivity contribution in [2.45, 2.75) is 50.4 Å². The summed E-state index contributed by atoms with van der Waals surface area (Å²) in [5.74, 6) is -1.26. The minimum absolute atomic E-state index is 0.0293. The van der Waals surface area contributed by atoms with Gasteiger partial charge in [-0.05, 0) is 78.3 Å². The lowest BCUT2D eigenvalue weighted by molar-refractivity contribution is -0.350. The number of nitrogens with one attached hydrogen (secondary N) is 2. The van der Waals surface area contributed by atoms with Crippen LogP contribution in [0.1, 0.15) is 50.6 Å². The number of hydrogen-bond donors (Lipinski definition) is 2. The highest BCUT2D eigenvalue weighted by atomic mass is 127. The number of aryl methyl sites for hydroxylation is 1. The smallest absolute Gasteiger partial charge is 0.349 e. The zero-order valence-corrected chi connectivity index (χ0v) is 25.6. The molecule has 1 fully saturated rings. The molecule has 3 aromatic heterocycles. The first-order valence-electron chi connectivity index (χ1n) is 12.8. The van der Waals surface area contributed by atoms with Crippen molar-refractivity contribution in [3.63, 3.8) is 0 Å². The minimum Gasteiger partial charge on any atom is -0.349 e. The second kappa shape index (κ2) is 11.8. The van der Waals surface area contributed by atoms with Gasteiger partial charge in [-0.3, -0.25) is 9.59 Å². The lowest BCUT2D eigenvalue weighted by Gasteiger charge is -2.27. The van der Waals surface area contributed by atoms with Crippen molar-refractivity contribution in [3.05, 3.63) is 79.5 Å². The van der Waals surface area contributed by atoms with Crippen molar-refractivity contribution < 1.29 is 40.3 Å². The largest absolute Gasteiger partial charge is 0.437 e. The van der Waals surface area contributed by atoms with Crippen molar-refractivity contribution in [2.24, 2.45) is 0 Å². The summed E-state index contributed by atoms with van der Waals surface area (Å²) in [7, 11) is 0. The quantitative estimate of drug-likeness (QED) is 0.170. The SMILES string of the molecule is Cc1cc(I)cc(C(=O)NC2CC2)c1NC(=O)c1cc(Cn2cc(C(F)(C(F)(F)F)C(F)(F)F)nn2)nn1-c1ncccc1Cl. The summed E-state index contributed by atoms with van der Waals surface area (Å²) in [5.41, 5.74) is -7.20. The summed E-state index contributed by atoms with van der Waals surface area (Å²) >= 11 is 8.31. The summed E-state index contributed by atoms with van der Waals surface area (Å²) in [4.78, 5) is 30.8. The standard InChI is InChI=1S/C26H19ClF7IN8O2/c1-12-7-13(35)8-16(22(44)37-14-4-5-14)20(12)38-23(45)18-9-15(40-43(18)21-17(27)3-2-6-36-21)10-42-11-19(39-41-42)24(28,25(29,30)31)26(32,33)34/h2-3,6-9,11,14H,4-5,10H2,1H3,(H,37,44)(H,38,45). The summed E-state index contributed by atoms with van der Waals surface area (Å²) < 4.78 is 95.8. The van der Waals surface area contributed by atoms with Gasteiger partial charge in [-0.15, -0.1) is 5.10 Å². The number of carbonyl (C=O) groups is 2. The van der Waals surface area contributed by atoms with Crippen molar-refractivity contribution >= 4 is 51.7 Å². The molecule has 0 atom stereocenters. The normalized spacial score (nSPS) is 14.0. The minimum atomic E-state index is -6.38. The highest BCUT2D eigenvalue weighted by molar-refractivity contribution is 14.1. The fraction of sp³-hybridized carbons (Fsp3) is 0.308. The van der Waals surface area contributed by atoms with E-state index in [1.165, 1.54) is 18.3 Å². The van der Waals surface area contributed by atoms with E-state index in [4.69, 9.17) is 11.6 Å². The van der Waals surface area contributed by atoms with Crippen LogP contribution in [-0.2, 0) is 12.2 Å². The number of amides is 2. The van der Waals surface area contributed by atoms with Crippen LogP contribution in [0.2, 0.25) is 5.02 Å². The van der Waals surface area contributed by atoms with Gasteiger partial charge in [0.25, 0.3) is 11.8 Å². The number of alkyl halides is 7. The zero-order valence-electron chi connectivity index (χ0n) is 22.6. The fourth-order valence-corrected chi connectivity index (χ4v) is 5.25. The maximum atomic E-state index is 14.5. The molecule has 0 radical (unpaired) electrons. The predicted octanol–water partition coefficient (Wildman–Crippen LogP) is 5.91. The van der Waals surface area contributed by atoms with Gasteiger partial charge < -0.3 is 10.6 Å². The Morgan fingerprint density at radius 3 is 2.38 bits per heavy atom. The number of nitrogens with zero attached hydrogens (tertiary/aromatic N) is 6. The molecule has 0 saturated heterocycles. The van der Waals surface area contributed by atoms with E-state index in [-0.39, 0.29) is 45.7 Å². The van der Waals surface area contributed by atoms with Gasteiger partial charge >= 0.3 is 18.0 Å². The van der Waals surface area contributed by atoms with Gasteiger partial charge in [-0.25, -0.2) is 18.7 Å². The van der Waals surface area contributed by atoms with Crippen LogP contribution in [0.3, 0.4) is 0 Å². The number of anilines is 1. The van der Waals surface area contributed by atoms with Gasteiger partial charge in [0.1, 0.15) is 11.4 Å². The Morgan fingerprint density at radius 1 is 1.07 bits per heavy atom. The van der Waals surface area contributed by atoms with Crippen LogP contribution in [0.5, 0.6) is 0 Å². The van der Waals surface area contributed by atoms with E-state index < -0.39 is 42.1 Å². The number of carbonyl (C=O) groups excluding carboxylic acids is 2. The third-order valence-corrected chi connectivity index (χ3v) is 7.54. The van der Waals surface area contributed by atoms with E-state index in [1.54, 1.807) is 19.1 Å². The Bertz CT molecular complexity index is 1770. The summed E-state index contributed by atoms with van der Waals surface area (Å²) in [6.45, 7) is 1.05. The number of rotatable bonds is 8. The molecule has 10 nitrogen and oxygen atoms in total. The molecule has 5 rings (SSSR count). The highest BCUT2D eigenvalue weighted by Gasteiger charge is 2.75. The monoisotopic (exact) mass is 770 g/mol. The van der Waals surface area contributed by atoms with Gasteiger partial charge in [-0.2, -0.15) is 31.4 Å². The zero-order chi connectivity index (χ0) is 32.9. The van der Waals surface area contributed by atoms with Gasteiger partial charge in [0.15, 0.2) is 5.82 Å². The fourth-order valence-electron chi connectivity index (χ4n) is 4.27. The van der Waals surface area contributed by atoms with Crippen LogP contribution in [0.4, 0.5) is 36.4 Å². The van der Waals surface area contributed by atoms with Crippen LogP contribution in [0.15, 0.2) is 42.7 Å². The second-order valence-corrected chi connectivity index (χ2v) is 11.7. The number of aromatic nitrogens is 6. The van der Waals surface area contributed by atoms with Crippen LogP contribution in [-0.4, -0.2) is 60.0 Å². The van der Waals surface area contributed by atoms with Gasteiger partial charge in [0, 0.05) is 15.8 Å². The van der Waals surface area contributed by atoms with E-state index >= 15 is 0 Å². The van der Waals surface area contributed by atoms with E-state index in [1.807, 2.05) is 22.6 Å². The molecule has 3 heterocycles. The van der Waals surface area contributed by atoms with Crippen LogP contribution in [0.25, 0.3) is 5.82 Å². The molecule has 0 bridgehead atoms. The Balaban J connectivity index is 1.51. The Kier molecular flexibility index (Phi) is 8.58. The van der Waals surface area contributed by atoms with E-state index in [0.717, 1.165) is 27.2 Å². The van der Waals surface area contributed by atoms with Gasteiger partial charge in [0.2, 0.25) is 0 Å². The maximum Gasteiger partial charge on any atom is 0.437 e. The first-order valence-corrected chi connectivity index (χ1v) is 14.3. The van der Waals surface area contributed by atoms with Gasteiger partial charge in [0.05, 0.1) is 34.7 Å². The molecule has 0 aliphatic heterocycles. The van der Waals surface area contributed by atoms with Crippen LogP contribution in [0, 0.1) is 10.5 Å². The van der Waals surface area contributed by atoms with Crippen molar-refractivity contribution in [1.82, 2.24) is 35.1 Å². The Morgan fingerprint density at radius 2 is 1.76 bits per heavy atom. The molecule has 19 heteroatoms. The average molecular weight is 771 g/mol. The van der Waals surface area contributed by atoms with Crippen molar-refractivity contribution in [2.75, 3.05) is 5.32 Å². The molecule has 238 valence electrons. The van der Waals surface area contributed by atoms with Crippen LogP contribution < -0.4 is 10.6 Å². The van der Waals surface area contributed by atoms with Gasteiger partial charge in [-0.1, -0.05) is 16.8 Å². The molecular weight excluding hydrogens is 752 g/mol. The molecule has 1 aliphatic rings. The molecular formula is C26H19ClF7IN8O2. The molecule has 2 amide bonds. The molecule has 1 aliphatic carbocycles. The van der Waals surface area contributed by atoms with E-state index in [9.17, 15) is 40.3 Å². The molecule has 4 aromatic rings. The maximum absolute atomic E-state index is 14.5. The number of hydrogen-bond acceptors (Lipinski definition) is 6. The second-order valence-electron chi connectivity index (χ2n) is 10.0. The lowest BCUT2D eigenvalue weighted by atomic mass is 10.0.